The predicted molar refractivity (Wildman–Crippen MR) is 77.6 cm³/mol. The fourth-order valence-corrected chi connectivity index (χ4v) is 3.11. The smallest absolute Gasteiger partial charge is 0.119 e. The summed E-state index contributed by atoms with van der Waals surface area (Å²) in [6, 6.07) is 6.06. The van der Waals surface area contributed by atoms with E-state index in [4.69, 9.17) is 21.1 Å². The van der Waals surface area contributed by atoms with Crippen molar-refractivity contribution in [3.8, 4) is 5.75 Å². The number of rotatable bonds is 4. The molecule has 1 unspecified atom stereocenters. The highest BCUT2D eigenvalue weighted by Crippen LogP contribution is 2.36. The summed E-state index contributed by atoms with van der Waals surface area (Å²) in [6.45, 7) is 1.61. The van der Waals surface area contributed by atoms with Gasteiger partial charge in [0.25, 0.3) is 0 Å². The first-order valence-electron chi connectivity index (χ1n) is 6.15. The summed E-state index contributed by atoms with van der Waals surface area (Å²) >= 11 is 9.79. The van der Waals surface area contributed by atoms with Crippen molar-refractivity contribution < 1.29 is 9.47 Å². The quantitative estimate of drug-likeness (QED) is 0.774. The molecule has 0 spiro atoms. The molecule has 2 nitrogen and oxygen atoms in total. The Morgan fingerprint density at radius 1 is 1.50 bits per heavy atom. The standard InChI is InChI=1S/C14H18BrClO2/c1-17-12-3-4-13(15)11(7-12)8-14(9-16)5-2-6-18-10-14/h3-4,7H,2,5-6,8-10H2,1H3. The molecule has 1 aromatic carbocycles. The van der Waals surface area contributed by atoms with Crippen molar-refractivity contribution in [1.82, 2.24) is 0 Å². The molecule has 1 aliphatic rings. The molecule has 0 amide bonds. The van der Waals surface area contributed by atoms with Gasteiger partial charge < -0.3 is 9.47 Å². The Morgan fingerprint density at radius 2 is 2.33 bits per heavy atom. The maximum Gasteiger partial charge on any atom is 0.119 e. The largest absolute Gasteiger partial charge is 0.497 e. The molecule has 1 fully saturated rings. The van der Waals surface area contributed by atoms with E-state index in [1.54, 1.807) is 7.11 Å². The first-order valence-corrected chi connectivity index (χ1v) is 7.48. The lowest BCUT2D eigenvalue weighted by molar-refractivity contribution is 0.00468. The molecule has 1 saturated heterocycles. The summed E-state index contributed by atoms with van der Waals surface area (Å²) in [6.07, 6.45) is 3.14. The summed E-state index contributed by atoms with van der Waals surface area (Å²) < 4.78 is 12.0. The molecule has 4 heteroatoms. The fourth-order valence-electron chi connectivity index (χ4n) is 2.42. The second kappa shape index (κ2) is 6.27. The van der Waals surface area contributed by atoms with Crippen LogP contribution in [0.1, 0.15) is 18.4 Å². The van der Waals surface area contributed by atoms with Gasteiger partial charge in [0, 0.05) is 22.4 Å². The van der Waals surface area contributed by atoms with Gasteiger partial charge in [0.1, 0.15) is 5.75 Å². The molecule has 1 aliphatic heterocycles. The SMILES string of the molecule is COc1ccc(Br)c(CC2(CCl)CCCOC2)c1. The van der Waals surface area contributed by atoms with Crippen LogP contribution in [0.5, 0.6) is 5.75 Å². The lowest BCUT2D eigenvalue weighted by Gasteiger charge is -2.35. The van der Waals surface area contributed by atoms with E-state index in [1.807, 2.05) is 12.1 Å². The third-order valence-corrected chi connectivity index (χ3v) is 4.85. The molecule has 2 rings (SSSR count). The van der Waals surface area contributed by atoms with E-state index in [1.165, 1.54) is 5.56 Å². The van der Waals surface area contributed by atoms with Gasteiger partial charge in [0.05, 0.1) is 13.7 Å². The van der Waals surface area contributed by atoms with Gasteiger partial charge in [0.15, 0.2) is 0 Å². The first kappa shape index (κ1) is 14.2. The number of methoxy groups -OCH3 is 1. The Balaban J connectivity index is 2.20. The average Bonchev–Trinajstić information content (AvgIpc) is 2.42. The first-order chi connectivity index (χ1) is 8.69. The van der Waals surface area contributed by atoms with E-state index in [0.29, 0.717) is 5.88 Å². The summed E-state index contributed by atoms with van der Waals surface area (Å²) in [5, 5.41) is 0. The zero-order valence-electron chi connectivity index (χ0n) is 10.5. The van der Waals surface area contributed by atoms with Crippen molar-refractivity contribution in [3.05, 3.63) is 28.2 Å². The maximum atomic E-state index is 6.19. The van der Waals surface area contributed by atoms with E-state index < -0.39 is 0 Å². The minimum absolute atomic E-state index is 0.0642. The van der Waals surface area contributed by atoms with Crippen LogP contribution in [-0.2, 0) is 11.2 Å². The monoisotopic (exact) mass is 332 g/mol. The molecule has 1 aromatic rings. The van der Waals surface area contributed by atoms with Crippen molar-refractivity contribution in [2.75, 3.05) is 26.2 Å². The maximum absolute atomic E-state index is 6.19. The number of alkyl halides is 1. The Bertz CT molecular complexity index is 403. The predicted octanol–water partition coefficient (Wildman–Crippen LogP) is 4.04. The molecular formula is C14H18BrClO2. The minimum Gasteiger partial charge on any atom is -0.497 e. The zero-order valence-corrected chi connectivity index (χ0v) is 12.9. The second-order valence-electron chi connectivity index (χ2n) is 4.92. The fraction of sp³-hybridized carbons (Fsp3) is 0.571. The highest BCUT2D eigenvalue weighted by atomic mass is 79.9. The van der Waals surface area contributed by atoms with Crippen molar-refractivity contribution in [2.45, 2.75) is 19.3 Å². The molecule has 0 saturated carbocycles. The third kappa shape index (κ3) is 3.19. The van der Waals surface area contributed by atoms with Gasteiger partial charge in [-0.1, -0.05) is 15.9 Å². The molecule has 0 radical (unpaired) electrons. The zero-order chi connectivity index (χ0) is 13.0. The average molecular weight is 334 g/mol. The van der Waals surface area contributed by atoms with Crippen molar-refractivity contribution in [2.24, 2.45) is 5.41 Å². The van der Waals surface area contributed by atoms with E-state index in [-0.39, 0.29) is 5.41 Å². The number of hydrogen-bond acceptors (Lipinski definition) is 2. The Hall–Kier alpha value is -0.250. The Kier molecular flexibility index (Phi) is 4.93. The van der Waals surface area contributed by atoms with Crippen LogP contribution in [0.3, 0.4) is 0 Å². The van der Waals surface area contributed by atoms with Gasteiger partial charge >= 0.3 is 0 Å². The van der Waals surface area contributed by atoms with Gasteiger partial charge in [-0.25, -0.2) is 0 Å². The van der Waals surface area contributed by atoms with Crippen LogP contribution in [0.4, 0.5) is 0 Å². The molecule has 1 heterocycles. The molecular weight excluding hydrogens is 316 g/mol. The highest BCUT2D eigenvalue weighted by Gasteiger charge is 2.33. The summed E-state index contributed by atoms with van der Waals surface area (Å²) in [5.74, 6) is 1.52. The van der Waals surface area contributed by atoms with Gasteiger partial charge in [-0.05, 0) is 43.0 Å². The summed E-state index contributed by atoms with van der Waals surface area (Å²) in [5.41, 5.74) is 1.30. The molecule has 0 bridgehead atoms. The molecule has 0 N–H and O–H groups in total. The van der Waals surface area contributed by atoms with Crippen LogP contribution in [0.25, 0.3) is 0 Å². The van der Waals surface area contributed by atoms with Crippen LogP contribution >= 0.6 is 27.5 Å². The third-order valence-electron chi connectivity index (χ3n) is 3.51. The van der Waals surface area contributed by atoms with Crippen LogP contribution in [-0.4, -0.2) is 26.2 Å². The van der Waals surface area contributed by atoms with E-state index in [0.717, 1.165) is 42.7 Å². The van der Waals surface area contributed by atoms with Crippen LogP contribution < -0.4 is 4.74 Å². The summed E-state index contributed by atoms with van der Waals surface area (Å²) in [7, 11) is 1.69. The molecule has 0 aromatic heterocycles. The van der Waals surface area contributed by atoms with Crippen LogP contribution in [0, 0.1) is 5.41 Å². The van der Waals surface area contributed by atoms with E-state index >= 15 is 0 Å². The molecule has 1 atom stereocenters. The topological polar surface area (TPSA) is 18.5 Å². The number of hydrogen-bond donors (Lipinski definition) is 0. The second-order valence-corrected chi connectivity index (χ2v) is 6.05. The highest BCUT2D eigenvalue weighted by molar-refractivity contribution is 9.10. The lowest BCUT2D eigenvalue weighted by atomic mass is 9.79. The van der Waals surface area contributed by atoms with Gasteiger partial charge in [-0.3, -0.25) is 0 Å². The molecule has 18 heavy (non-hydrogen) atoms. The lowest BCUT2D eigenvalue weighted by Crippen LogP contribution is -2.35. The number of halogens is 2. The summed E-state index contributed by atoms with van der Waals surface area (Å²) in [4.78, 5) is 0. The number of ether oxygens (including phenoxy) is 2. The molecule has 100 valence electrons. The van der Waals surface area contributed by atoms with E-state index in [9.17, 15) is 0 Å². The van der Waals surface area contributed by atoms with Gasteiger partial charge in [-0.2, -0.15) is 0 Å². The van der Waals surface area contributed by atoms with Crippen molar-refractivity contribution in [1.29, 1.82) is 0 Å². The van der Waals surface area contributed by atoms with E-state index in [2.05, 4.69) is 22.0 Å². The number of benzene rings is 1. The normalized spacial score (nSPS) is 23.9. The minimum atomic E-state index is 0.0642. The van der Waals surface area contributed by atoms with Crippen LogP contribution in [0.15, 0.2) is 22.7 Å². The van der Waals surface area contributed by atoms with Crippen molar-refractivity contribution in [3.63, 3.8) is 0 Å². The van der Waals surface area contributed by atoms with Gasteiger partial charge in [0.2, 0.25) is 0 Å². The Labute approximate surface area is 122 Å². The molecule has 0 aliphatic carbocycles. The van der Waals surface area contributed by atoms with Gasteiger partial charge in [-0.15, -0.1) is 11.6 Å². The van der Waals surface area contributed by atoms with Crippen LogP contribution in [0.2, 0.25) is 0 Å². The van der Waals surface area contributed by atoms with Crippen molar-refractivity contribution >= 4 is 27.5 Å². The Morgan fingerprint density at radius 3 is 2.94 bits per heavy atom.